The van der Waals surface area contributed by atoms with Gasteiger partial charge in [0.15, 0.2) is 0 Å². The fourth-order valence-corrected chi connectivity index (χ4v) is 6.06. The molecule has 34 heavy (non-hydrogen) atoms. The number of para-hydroxylation sites is 1. The zero-order valence-corrected chi connectivity index (χ0v) is 20.1. The quantitative estimate of drug-likeness (QED) is 0.214. The van der Waals surface area contributed by atoms with Gasteiger partial charge in [0, 0.05) is 45.5 Å². The van der Waals surface area contributed by atoms with E-state index in [9.17, 15) is 0 Å². The summed E-state index contributed by atoms with van der Waals surface area (Å²) in [6.07, 6.45) is 0. The van der Waals surface area contributed by atoms with Crippen molar-refractivity contribution in [2.75, 3.05) is 13.6 Å². The van der Waals surface area contributed by atoms with E-state index in [0.29, 0.717) is 0 Å². The lowest BCUT2D eigenvalue weighted by Crippen LogP contribution is -2.30. The van der Waals surface area contributed by atoms with Gasteiger partial charge in [-0.05, 0) is 30.2 Å². The molecule has 0 amide bonds. The maximum atomic E-state index is 4.73. The summed E-state index contributed by atoms with van der Waals surface area (Å²) in [4.78, 5) is 7.26. The molecule has 166 valence electrons. The highest BCUT2D eigenvalue weighted by atomic mass is 32.2. The Hall–Kier alpha value is -3.76. The fourth-order valence-electron chi connectivity index (χ4n) is 4.98. The van der Waals surface area contributed by atoms with Crippen LogP contribution in [0.4, 0.5) is 0 Å². The molecule has 3 nitrogen and oxygen atoms in total. The van der Waals surface area contributed by atoms with Gasteiger partial charge in [0.1, 0.15) is 0 Å². The number of rotatable bonds is 2. The third kappa shape index (κ3) is 3.17. The Morgan fingerprint density at radius 2 is 1.41 bits per heavy atom. The van der Waals surface area contributed by atoms with Crippen molar-refractivity contribution in [2.24, 2.45) is 4.99 Å². The number of hydrogen-bond acceptors (Lipinski definition) is 2. The molecule has 2 heterocycles. The first-order chi connectivity index (χ1) is 16.8. The fraction of sp³-hybridized carbons (Fsp3) is 0.100. The molecule has 0 aliphatic carbocycles. The van der Waals surface area contributed by atoms with Crippen molar-refractivity contribution in [2.45, 2.75) is 16.7 Å². The molecular formula is C30H25N3S. The minimum absolute atomic E-state index is 0.793. The van der Waals surface area contributed by atoms with Crippen molar-refractivity contribution < 1.29 is 0 Å². The number of fused-ring (bicyclic) bond motifs is 7. The van der Waals surface area contributed by atoms with E-state index in [4.69, 9.17) is 4.99 Å². The summed E-state index contributed by atoms with van der Waals surface area (Å²) in [5, 5.41) is 4.77. The third-order valence-corrected chi connectivity index (χ3v) is 7.50. The Balaban J connectivity index is 1.85. The van der Waals surface area contributed by atoms with Crippen LogP contribution in [0.25, 0.3) is 44.4 Å². The number of nitrogens with one attached hydrogen (secondary N) is 1. The molecule has 0 unspecified atom stereocenters. The van der Waals surface area contributed by atoms with E-state index in [1.54, 1.807) is 0 Å². The van der Waals surface area contributed by atoms with Crippen molar-refractivity contribution in [3.8, 4) is 33.5 Å². The predicted octanol–water partition coefficient (Wildman–Crippen LogP) is 7.55. The lowest BCUT2D eigenvalue weighted by molar-refractivity contribution is 0.913. The summed E-state index contributed by atoms with van der Waals surface area (Å²) >= 11 is 1.84. The second-order valence-corrected chi connectivity index (χ2v) is 9.38. The van der Waals surface area contributed by atoms with Crippen LogP contribution < -0.4 is 5.32 Å². The van der Waals surface area contributed by atoms with Crippen molar-refractivity contribution in [3.63, 3.8) is 0 Å². The van der Waals surface area contributed by atoms with Crippen LogP contribution in [0.15, 0.2) is 112 Å². The molecule has 1 aromatic heterocycles. The number of aromatic nitrogens is 1. The predicted molar refractivity (Wildman–Crippen MR) is 145 cm³/mol. The number of benzene rings is 4. The average Bonchev–Trinajstić information content (AvgIpc) is 3.15. The van der Waals surface area contributed by atoms with E-state index >= 15 is 0 Å². The second kappa shape index (κ2) is 8.54. The zero-order valence-electron chi connectivity index (χ0n) is 19.2. The van der Waals surface area contributed by atoms with Crippen LogP contribution in [0.1, 0.15) is 6.92 Å². The molecule has 1 aliphatic heterocycles. The number of aliphatic imine (C=N–C) groups is 1. The van der Waals surface area contributed by atoms with Crippen molar-refractivity contribution in [1.82, 2.24) is 9.88 Å². The SMILES string of the molecule is CCNC(=NC)n1c2c(c3cccc(-c4ccccc4)c31)-c1ccccc1Sc1ccccc1-2. The van der Waals surface area contributed by atoms with Crippen molar-refractivity contribution >= 4 is 28.6 Å². The molecule has 0 bridgehead atoms. The molecule has 1 N–H and O–H groups in total. The highest BCUT2D eigenvalue weighted by molar-refractivity contribution is 7.99. The van der Waals surface area contributed by atoms with Gasteiger partial charge in [0.2, 0.25) is 5.96 Å². The first-order valence-electron chi connectivity index (χ1n) is 11.6. The highest BCUT2D eigenvalue weighted by Crippen LogP contribution is 2.52. The molecule has 1 aliphatic rings. The molecule has 4 aromatic carbocycles. The normalized spacial score (nSPS) is 12.6. The Kier molecular flexibility index (Phi) is 5.23. The van der Waals surface area contributed by atoms with Gasteiger partial charge in [-0.3, -0.25) is 9.56 Å². The van der Waals surface area contributed by atoms with Gasteiger partial charge in [0.25, 0.3) is 0 Å². The van der Waals surface area contributed by atoms with E-state index < -0.39 is 0 Å². The molecule has 5 aromatic rings. The lowest BCUT2D eigenvalue weighted by Gasteiger charge is -2.17. The first-order valence-corrected chi connectivity index (χ1v) is 12.4. The standard InChI is InChI=1S/C30H25N3S/c1-3-32-30(31-2)33-28-21(20-12-5-4-6-13-20)16-11-17-24(28)27-22-14-7-9-18-25(22)34-26-19-10-8-15-23(26)29(27)33/h4-19H,3H2,1-2H3,(H,31,32). The maximum absolute atomic E-state index is 4.73. The van der Waals surface area contributed by atoms with Gasteiger partial charge >= 0.3 is 0 Å². The largest absolute Gasteiger partial charge is 0.356 e. The van der Waals surface area contributed by atoms with E-state index in [-0.39, 0.29) is 0 Å². The molecule has 0 saturated heterocycles. The Bertz CT molecular complexity index is 1550. The molecule has 0 saturated carbocycles. The average molecular weight is 460 g/mol. The van der Waals surface area contributed by atoms with Crippen LogP contribution in [0.3, 0.4) is 0 Å². The van der Waals surface area contributed by atoms with Crippen LogP contribution in [-0.2, 0) is 0 Å². The van der Waals surface area contributed by atoms with Crippen LogP contribution in [0.2, 0.25) is 0 Å². The molecule has 0 fully saturated rings. The smallest absolute Gasteiger partial charge is 0.203 e. The summed E-state index contributed by atoms with van der Waals surface area (Å²) in [5.41, 5.74) is 8.52. The van der Waals surface area contributed by atoms with Crippen LogP contribution in [0, 0.1) is 0 Å². The van der Waals surface area contributed by atoms with Gasteiger partial charge in [0.05, 0.1) is 11.2 Å². The molecule has 4 heteroatoms. The monoisotopic (exact) mass is 459 g/mol. The van der Waals surface area contributed by atoms with Gasteiger partial charge < -0.3 is 5.32 Å². The number of hydrogen-bond donors (Lipinski definition) is 1. The summed E-state index contributed by atoms with van der Waals surface area (Å²) in [5.74, 6) is 0.858. The lowest BCUT2D eigenvalue weighted by atomic mass is 9.96. The summed E-state index contributed by atoms with van der Waals surface area (Å²) < 4.78 is 2.35. The van der Waals surface area contributed by atoms with Crippen molar-refractivity contribution in [1.29, 1.82) is 0 Å². The van der Waals surface area contributed by atoms with Crippen LogP contribution >= 0.6 is 11.8 Å². The zero-order chi connectivity index (χ0) is 23.1. The summed E-state index contributed by atoms with van der Waals surface area (Å²) in [6.45, 7) is 2.91. The van der Waals surface area contributed by atoms with Gasteiger partial charge in [-0.1, -0.05) is 96.7 Å². The molecule has 0 atom stereocenters. The van der Waals surface area contributed by atoms with Gasteiger partial charge in [-0.2, -0.15) is 0 Å². The third-order valence-electron chi connectivity index (χ3n) is 6.35. The van der Waals surface area contributed by atoms with Crippen molar-refractivity contribution in [3.05, 3.63) is 97.1 Å². The topological polar surface area (TPSA) is 29.3 Å². The van der Waals surface area contributed by atoms with Gasteiger partial charge in [-0.15, -0.1) is 0 Å². The van der Waals surface area contributed by atoms with Crippen LogP contribution in [0.5, 0.6) is 0 Å². The highest BCUT2D eigenvalue weighted by Gasteiger charge is 2.29. The molecule has 0 radical (unpaired) electrons. The number of nitrogens with zero attached hydrogens (tertiary/aromatic N) is 2. The van der Waals surface area contributed by atoms with E-state index in [1.807, 2.05) is 18.8 Å². The second-order valence-electron chi connectivity index (χ2n) is 8.30. The molecule has 6 rings (SSSR count). The maximum Gasteiger partial charge on any atom is 0.203 e. The Labute approximate surface area is 204 Å². The molecular weight excluding hydrogens is 434 g/mol. The summed E-state index contributed by atoms with van der Waals surface area (Å²) in [6, 6.07) is 34.8. The summed E-state index contributed by atoms with van der Waals surface area (Å²) in [7, 11) is 1.87. The van der Waals surface area contributed by atoms with Gasteiger partial charge in [-0.25, -0.2) is 0 Å². The van der Waals surface area contributed by atoms with E-state index in [1.165, 1.54) is 54.2 Å². The Morgan fingerprint density at radius 1 is 0.765 bits per heavy atom. The minimum atomic E-state index is 0.793. The van der Waals surface area contributed by atoms with E-state index in [2.05, 4.69) is 114 Å². The van der Waals surface area contributed by atoms with E-state index in [0.717, 1.165) is 12.5 Å². The molecule has 0 spiro atoms. The minimum Gasteiger partial charge on any atom is -0.356 e. The van der Waals surface area contributed by atoms with Crippen LogP contribution in [-0.4, -0.2) is 24.1 Å². The Morgan fingerprint density at radius 3 is 2.15 bits per heavy atom. The first kappa shape index (κ1) is 20.8.